The maximum atomic E-state index is 6.02. The smallest absolute Gasteiger partial charge is 0.159 e. The Kier molecular flexibility index (Phi) is 13.2. The minimum absolute atomic E-state index is 0.801. The Morgan fingerprint density at radius 3 is 1.91 bits per heavy atom. The average Bonchev–Trinajstić information content (AvgIpc) is 2.90. The van der Waals surface area contributed by atoms with E-state index in [9.17, 15) is 0 Å². The molecular formula is C32H50N2O. The lowest BCUT2D eigenvalue weighted by Crippen LogP contribution is -2.15. The molecule has 0 unspecified atom stereocenters. The third-order valence-corrected chi connectivity index (χ3v) is 7.83. The van der Waals surface area contributed by atoms with Crippen LogP contribution in [0.4, 0.5) is 0 Å². The van der Waals surface area contributed by atoms with E-state index < -0.39 is 0 Å². The molecule has 3 rings (SSSR count). The second-order valence-electron chi connectivity index (χ2n) is 10.8. The summed E-state index contributed by atoms with van der Waals surface area (Å²) in [5.74, 6) is 3.67. The Balaban J connectivity index is 1.29. The number of rotatable bonds is 17. The standard InChI is InChI=1S/C32H50N2O/c1-3-5-6-7-8-9-10-11-14-29-25-33-32(34-26-29)30-20-22-31(23-21-30)35-24-12-15-28-18-16-27(13-4-2)17-19-28/h20-23,25-28H,3-19,24H2,1-2H3/t27-,28-. The first kappa shape index (κ1) is 27.7. The van der Waals surface area contributed by atoms with Crippen LogP contribution in [0.5, 0.6) is 5.75 Å². The van der Waals surface area contributed by atoms with Crippen LogP contribution in [0, 0.1) is 11.8 Å². The van der Waals surface area contributed by atoms with Gasteiger partial charge in [0.25, 0.3) is 0 Å². The largest absolute Gasteiger partial charge is 0.494 e. The third kappa shape index (κ3) is 10.7. The van der Waals surface area contributed by atoms with Crippen molar-refractivity contribution in [3.8, 4) is 17.1 Å². The molecule has 2 aromatic rings. The quantitative estimate of drug-likeness (QED) is 0.212. The summed E-state index contributed by atoms with van der Waals surface area (Å²) in [6, 6.07) is 8.28. The molecule has 194 valence electrons. The van der Waals surface area contributed by atoms with Gasteiger partial charge in [-0.25, -0.2) is 9.97 Å². The van der Waals surface area contributed by atoms with Gasteiger partial charge in [-0.15, -0.1) is 0 Å². The molecular weight excluding hydrogens is 428 g/mol. The van der Waals surface area contributed by atoms with Gasteiger partial charge in [0.05, 0.1) is 6.61 Å². The van der Waals surface area contributed by atoms with E-state index in [0.29, 0.717) is 0 Å². The first-order valence-corrected chi connectivity index (χ1v) is 14.8. The van der Waals surface area contributed by atoms with Crippen LogP contribution >= 0.6 is 0 Å². The highest BCUT2D eigenvalue weighted by Gasteiger charge is 2.20. The van der Waals surface area contributed by atoms with Gasteiger partial charge in [-0.05, 0) is 67.3 Å². The molecule has 3 nitrogen and oxygen atoms in total. The van der Waals surface area contributed by atoms with E-state index in [4.69, 9.17) is 4.74 Å². The fourth-order valence-electron chi connectivity index (χ4n) is 5.58. The fraction of sp³-hybridized carbons (Fsp3) is 0.688. The molecule has 0 bridgehead atoms. The van der Waals surface area contributed by atoms with Gasteiger partial charge in [-0.1, -0.05) is 97.3 Å². The van der Waals surface area contributed by atoms with E-state index in [1.807, 2.05) is 12.4 Å². The van der Waals surface area contributed by atoms with Crippen molar-refractivity contribution in [3.05, 3.63) is 42.2 Å². The number of aromatic nitrogens is 2. The van der Waals surface area contributed by atoms with E-state index in [2.05, 4.69) is 48.1 Å². The van der Waals surface area contributed by atoms with Crippen molar-refractivity contribution in [1.82, 2.24) is 9.97 Å². The average molecular weight is 479 g/mol. The van der Waals surface area contributed by atoms with E-state index in [0.717, 1.165) is 48.4 Å². The molecule has 0 spiro atoms. The lowest BCUT2D eigenvalue weighted by atomic mass is 9.78. The summed E-state index contributed by atoms with van der Waals surface area (Å²) in [6.07, 6.45) is 26.9. The molecule has 1 aliphatic rings. The molecule has 0 radical (unpaired) electrons. The summed E-state index contributed by atoms with van der Waals surface area (Å²) in [6.45, 7) is 5.41. The van der Waals surface area contributed by atoms with Gasteiger partial charge in [0.1, 0.15) is 5.75 Å². The third-order valence-electron chi connectivity index (χ3n) is 7.83. The van der Waals surface area contributed by atoms with Crippen LogP contribution in [0.15, 0.2) is 36.7 Å². The lowest BCUT2D eigenvalue weighted by molar-refractivity contribution is 0.230. The van der Waals surface area contributed by atoms with E-state index in [1.165, 1.54) is 102 Å². The Morgan fingerprint density at radius 2 is 1.29 bits per heavy atom. The second-order valence-corrected chi connectivity index (χ2v) is 10.8. The number of benzene rings is 1. The minimum Gasteiger partial charge on any atom is -0.494 e. The molecule has 0 saturated heterocycles. The van der Waals surface area contributed by atoms with Gasteiger partial charge >= 0.3 is 0 Å². The van der Waals surface area contributed by atoms with Crippen LogP contribution in [0.1, 0.15) is 122 Å². The number of nitrogens with zero attached hydrogens (tertiary/aromatic N) is 2. The minimum atomic E-state index is 0.801. The zero-order chi connectivity index (χ0) is 24.6. The molecule has 1 saturated carbocycles. The van der Waals surface area contributed by atoms with Crippen molar-refractivity contribution < 1.29 is 4.74 Å². The normalized spacial score (nSPS) is 18.0. The van der Waals surface area contributed by atoms with Crippen LogP contribution in [-0.2, 0) is 6.42 Å². The summed E-state index contributed by atoms with van der Waals surface area (Å²) < 4.78 is 6.02. The van der Waals surface area contributed by atoms with Crippen molar-refractivity contribution in [1.29, 1.82) is 0 Å². The van der Waals surface area contributed by atoms with Crippen molar-refractivity contribution in [2.45, 2.75) is 123 Å². The maximum absolute atomic E-state index is 6.02. The molecule has 1 heterocycles. The van der Waals surface area contributed by atoms with Gasteiger partial charge in [0.2, 0.25) is 0 Å². The van der Waals surface area contributed by atoms with Gasteiger partial charge in [0, 0.05) is 18.0 Å². The Morgan fingerprint density at radius 1 is 0.686 bits per heavy atom. The molecule has 1 fully saturated rings. The number of hydrogen-bond donors (Lipinski definition) is 0. The number of aryl methyl sites for hydroxylation is 1. The molecule has 35 heavy (non-hydrogen) atoms. The predicted octanol–water partition coefficient (Wildman–Crippen LogP) is 9.59. The predicted molar refractivity (Wildman–Crippen MR) is 149 cm³/mol. The molecule has 0 aliphatic heterocycles. The lowest BCUT2D eigenvalue weighted by Gasteiger charge is -2.28. The van der Waals surface area contributed by atoms with Gasteiger partial charge in [-0.2, -0.15) is 0 Å². The van der Waals surface area contributed by atoms with E-state index in [1.54, 1.807) is 0 Å². The van der Waals surface area contributed by atoms with Crippen molar-refractivity contribution >= 4 is 0 Å². The summed E-state index contributed by atoms with van der Waals surface area (Å²) in [7, 11) is 0. The fourth-order valence-corrected chi connectivity index (χ4v) is 5.58. The maximum Gasteiger partial charge on any atom is 0.159 e. The van der Waals surface area contributed by atoms with Crippen molar-refractivity contribution in [2.75, 3.05) is 6.61 Å². The van der Waals surface area contributed by atoms with Gasteiger partial charge in [-0.3, -0.25) is 0 Å². The highest BCUT2D eigenvalue weighted by molar-refractivity contribution is 5.55. The van der Waals surface area contributed by atoms with Crippen LogP contribution in [0.3, 0.4) is 0 Å². The highest BCUT2D eigenvalue weighted by atomic mass is 16.5. The van der Waals surface area contributed by atoms with Crippen LogP contribution in [0.2, 0.25) is 0 Å². The SMILES string of the molecule is CCCCCCCCCCc1cnc(-c2ccc(OCCC[C@H]3CC[C@H](CCC)CC3)cc2)nc1. The van der Waals surface area contributed by atoms with Crippen molar-refractivity contribution in [2.24, 2.45) is 11.8 Å². The topological polar surface area (TPSA) is 35.0 Å². The van der Waals surface area contributed by atoms with Crippen LogP contribution in [-0.4, -0.2) is 16.6 Å². The zero-order valence-corrected chi connectivity index (χ0v) is 22.6. The van der Waals surface area contributed by atoms with E-state index >= 15 is 0 Å². The van der Waals surface area contributed by atoms with Crippen molar-refractivity contribution in [3.63, 3.8) is 0 Å². The van der Waals surface area contributed by atoms with Crippen LogP contribution < -0.4 is 4.74 Å². The van der Waals surface area contributed by atoms with Gasteiger partial charge < -0.3 is 4.74 Å². The molecule has 1 aliphatic carbocycles. The first-order chi connectivity index (χ1) is 17.3. The monoisotopic (exact) mass is 478 g/mol. The first-order valence-electron chi connectivity index (χ1n) is 14.8. The summed E-state index contributed by atoms with van der Waals surface area (Å²) in [5.41, 5.74) is 2.30. The van der Waals surface area contributed by atoms with Gasteiger partial charge in [0.15, 0.2) is 5.82 Å². The molecule has 0 atom stereocenters. The molecule has 0 amide bonds. The second kappa shape index (κ2) is 16.7. The number of hydrogen-bond acceptors (Lipinski definition) is 3. The summed E-state index contributed by atoms with van der Waals surface area (Å²) in [5, 5.41) is 0. The van der Waals surface area contributed by atoms with Crippen LogP contribution in [0.25, 0.3) is 11.4 Å². The number of unbranched alkanes of at least 4 members (excludes halogenated alkanes) is 7. The molecule has 3 heteroatoms. The summed E-state index contributed by atoms with van der Waals surface area (Å²) in [4.78, 5) is 9.24. The highest BCUT2D eigenvalue weighted by Crippen LogP contribution is 2.33. The Bertz CT molecular complexity index is 778. The Hall–Kier alpha value is -1.90. The molecule has 1 aromatic carbocycles. The van der Waals surface area contributed by atoms with E-state index in [-0.39, 0.29) is 0 Å². The summed E-state index contributed by atoms with van der Waals surface area (Å²) >= 11 is 0. The molecule has 0 N–H and O–H groups in total. The Labute approximate surface area is 215 Å². The zero-order valence-electron chi connectivity index (χ0n) is 22.6. The number of ether oxygens (including phenoxy) is 1. The molecule has 1 aromatic heterocycles.